The first-order chi connectivity index (χ1) is 13.0. The second-order valence-corrected chi connectivity index (χ2v) is 6.39. The maximum atomic E-state index is 13.2. The summed E-state index contributed by atoms with van der Waals surface area (Å²) in [5.41, 5.74) is 1.23. The van der Waals surface area contributed by atoms with Crippen LogP contribution in [0, 0.1) is 0 Å². The SMILES string of the molecule is CC(=O)Oc1ccccc1C(=O)N(Cc1ccc(Cl)cc1)Cc1ccco1. The molecule has 0 saturated heterocycles. The van der Waals surface area contributed by atoms with E-state index in [0.29, 0.717) is 22.9 Å². The summed E-state index contributed by atoms with van der Waals surface area (Å²) < 4.78 is 10.6. The van der Waals surface area contributed by atoms with E-state index in [2.05, 4.69) is 0 Å². The lowest BCUT2D eigenvalue weighted by atomic mass is 10.1. The van der Waals surface area contributed by atoms with Crippen molar-refractivity contribution in [1.29, 1.82) is 0 Å². The second kappa shape index (κ2) is 8.56. The zero-order chi connectivity index (χ0) is 19.2. The molecule has 0 N–H and O–H groups in total. The molecular formula is C21H18ClNO4. The van der Waals surface area contributed by atoms with Crippen molar-refractivity contribution in [3.8, 4) is 5.75 Å². The van der Waals surface area contributed by atoms with Crippen molar-refractivity contribution in [2.24, 2.45) is 0 Å². The van der Waals surface area contributed by atoms with Crippen LogP contribution < -0.4 is 4.74 Å². The van der Waals surface area contributed by atoms with Gasteiger partial charge in [0.05, 0.1) is 18.4 Å². The van der Waals surface area contributed by atoms with Crippen LogP contribution in [0.25, 0.3) is 0 Å². The predicted octanol–water partition coefficient (Wildman–Crippen LogP) is 4.70. The van der Waals surface area contributed by atoms with Gasteiger partial charge in [-0.05, 0) is 42.0 Å². The van der Waals surface area contributed by atoms with E-state index in [1.54, 1.807) is 59.7 Å². The topological polar surface area (TPSA) is 59.8 Å². The third-order valence-corrected chi connectivity index (χ3v) is 4.12. The van der Waals surface area contributed by atoms with Crippen LogP contribution in [0.15, 0.2) is 71.3 Å². The average molecular weight is 384 g/mol. The number of hydrogen-bond donors (Lipinski definition) is 0. The molecule has 0 atom stereocenters. The number of ether oxygens (including phenoxy) is 1. The minimum absolute atomic E-state index is 0.232. The number of halogens is 1. The molecule has 138 valence electrons. The number of benzene rings is 2. The Labute approximate surface area is 162 Å². The largest absolute Gasteiger partial charge is 0.467 e. The lowest BCUT2D eigenvalue weighted by Crippen LogP contribution is -2.30. The molecule has 3 aromatic rings. The number of rotatable bonds is 6. The standard InChI is InChI=1S/C21H18ClNO4/c1-15(24)27-20-7-3-2-6-19(20)21(25)23(14-18-5-4-12-26-18)13-16-8-10-17(22)11-9-16/h2-12H,13-14H2,1H3. The van der Waals surface area contributed by atoms with Gasteiger partial charge < -0.3 is 14.1 Å². The monoisotopic (exact) mass is 383 g/mol. The fourth-order valence-electron chi connectivity index (χ4n) is 2.66. The van der Waals surface area contributed by atoms with Gasteiger partial charge in [0, 0.05) is 18.5 Å². The van der Waals surface area contributed by atoms with Crippen LogP contribution in [0.2, 0.25) is 5.02 Å². The molecule has 0 aliphatic heterocycles. The van der Waals surface area contributed by atoms with E-state index in [1.807, 2.05) is 12.1 Å². The van der Waals surface area contributed by atoms with E-state index in [0.717, 1.165) is 5.56 Å². The number of carbonyl (C=O) groups excluding carboxylic acids is 2. The third-order valence-electron chi connectivity index (χ3n) is 3.87. The fourth-order valence-corrected chi connectivity index (χ4v) is 2.78. The highest BCUT2D eigenvalue weighted by atomic mass is 35.5. The second-order valence-electron chi connectivity index (χ2n) is 5.96. The number of carbonyl (C=O) groups is 2. The predicted molar refractivity (Wildman–Crippen MR) is 101 cm³/mol. The molecule has 1 heterocycles. The van der Waals surface area contributed by atoms with Gasteiger partial charge in [0.25, 0.3) is 5.91 Å². The van der Waals surface area contributed by atoms with Crippen LogP contribution in [-0.2, 0) is 17.9 Å². The maximum absolute atomic E-state index is 13.2. The van der Waals surface area contributed by atoms with Gasteiger partial charge in [-0.25, -0.2) is 0 Å². The molecule has 6 heteroatoms. The summed E-state index contributed by atoms with van der Waals surface area (Å²) in [7, 11) is 0. The van der Waals surface area contributed by atoms with E-state index < -0.39 is 5.97 Å². The first-order valence-electron chi connectivity index (χ1n) is 8.36. The van der Waals surface area contributed by atoms with Crippen molar-refractivity contribution in [3.63, 3.8) is 0 Å². The van der Waals surface area contributed by atoms with E-state index >= 15 is 0 Å². The molecule has 0 spiro atoms. The Hall–Kier alpha value is -3.05. The molecule has 0 bridgehead atoms. The van der Waals surface area contributed by atoms with E-state index in [4.69, 9.17) is 20.8 Å². The first-order valence-corrected chi connectivity index (χ1v) is 8.74. The molecule has 0 aliphatic rings. The number of furan rings is 1. The molecule has 1 amide bonds. The van der Waals surface area contributed by atoms with Gasteiger partial charge >= 0.3 is 5.97 Å². The Bertz CT molecular complexity index is 920. The Kier molecular flexibility index (Phi) is 5.94. The molecule has 0 saturated carbocycles. The Balaban J connectivity index is 1.90. The van der Waals surface area contributed by atoms with Crippen molar-refractivity contribution >= 4 is 23.5 Å². The molecular weight excluding hydrogens is 366 g/mol. The number of amides is 1. The summed E-state index contributed by atoms with van der Waals surface area (Å²) in [5.74, 6) is 0.140. The fraction of sp³-hybridized carbons (Fsp3) is 0.143. The number of para-hydroxylation sites is 1. The first kappa shape index (κ1) is 18.7. The van der Waals surface area contributed by atoms with E-state index in [9.17, 15) is 9.59 Å². The number of esters is 1. The minimum atomic E-state index is -0.481. The maximum Gasteiger partial charge on any atom is 0.308 e. The lowest BCUT2D eigenvalue weighted by molar-refractivity contribution is -0.131. The lowest BCUT2D eigenvalue weighted by Gasteiger charge is -2.23. The Morgan fingerprint density at radius 3 is 2.41 bits per heavy atom. The smallest absolute Gasteiger partial charge is 0.308 e. The minimum Gasteiger partial charge on any atom is -0.467 e. The van der Waals surface area contributed by atoms with Gasteiger partial charge in [-0.2, -0.15) is 0 Å². The van der Waals surface area contributed by atoms with Crippen LogP contribution in [0.4, 0.5) is 0 Å². The molecule has 0 fully saturated rings. The van der Waals surface area contributed by atoms with Crippen LogP contribution in [0.5, 0.6) is 5.75 Å². The quantitative estimate of drug-likeness (QED) is 0.457. The van der Waals surface area contributed by atoms with E-state index in [1.165, 1.54) is 6.92 Å². The third kappa shape index (κ3) is 4.99. The zero-order valence-electron chi connectivity index (χ0n) is 14.7. The van der Waals surface area contributed by atoms with Crippen LogP contribution in [-0.4, -0.2) is 16.8 Å². The van der Waals surface area contributed by atoms with Gasteiger partial charge in [-0.3, -0.25) is 9.59 Å². The van der Waals surface area contributed by atoms with Gasteiger partial charge in [0.1, 0.15) is 11.5 Å². The van der Waals surface area contributed by atoms with Crippen molar-refractivity contribution in [3.05, 3.63) is 88.8 Å². The molecule has 3 rings (SSSR count). The molecule has 0 unspecified atom stereocenters. The highest BCUT2D eigenvalue weighted by Gasteiger charge is 2.21. The molecule has 0 radical (unpaired) electrons. The zero-order valence-corrected chi connectivity index (χ0v) is 15.5. The molecule has 1 aromatic heterocycles. The molecule has 5 nitrogen and oxygen atoms in total. The van der Waals surface area contributed by atoms with Crippen LogP contribution >= 0.6 is 11.6 Å². The van der Waals surface area contributed by atoms with Crippen molar-refractivity contribution in [2.45, 2.75) is 20.0 Å². The Morgan fingerprint density at radius 2 is 1.74 bits per heavy atom. The van der Waals surface area contributed by atoms with Gasteiger partial charge in [0.2, 0.25) is 0 Å². The van der Waals surface area contributed by atoms with E-state index in [-0.39, 0.29) is 18.2 Å². The van der Waals surface area contributed by atoms with Crippen LogP contribution in [0.3, 0.4) is 0 Å². The summed E-state index contributed by atoms with van der Waals surface area (Å²) >= 11 is 5.95. The van der Waals surface area contributed by atoms with Crippen LogP contribution in [0.1, 0.15) is 28.6 Å². The number of hydrogen-bond acceptors (Lipinski definition) is 4. The van der Waals surface area contributed by atoms with Crippen molar-refractivity contribution in [2.75, 3.05) is 0 Å². The van der Waals surface area contributed by atoms with Gasteiger partial charge in [-0.1, -0.05) is 35.9 Å². The number of nitrogens with zero attached hydrogens (tertiary/aromatic N) is 1. The summed E-state index contributed by atoms with van der Waals surface area (Å²) in [5, 5.41) is 0.628. The Morgan fingerprint density at radius 1 is 1.00 bits per heavy atom. The van der Waals surface area contributed by atoms with Crippen molar-refractivity contribution < 1.29 is 18.7 Å². The molecule has 27 heavy (non-hydrogen) atoms. The summed E-state index contributed by atoms with van der Waals surface area (Å²) in [6, 6.07) is 17.5. The van der Waals surface area contributed by atoms with Gasteiger partial charge in [-0.15, -0.1) is 0 Å². The molecule has 0 aliphatic carbocycles. The highest BCUT2D eigenvalue weighted by molar-refractivity contribution is 6.30. The summed E-state index contributed by atoms with van der Waals surface area (Å²) in [6.07, 6.45) is 1.56. The highest BCUT2D eigenvalue weighted by Crippen LogP contribution is 2.23. The summed E-state index contributed by atoms with van der Waals surface area (Å²) in [6.45, 7) is 1.93. The summed E-state index contributed by atoms with van der Waals surface area (Å²) in [4.78, 5) is 26.2. The average Bonchev–Trinajstić information content (AvgIpc) is 3.15. The van der Waals surface area contributed by atoms with Gasteiger partial charge in [0.15, 0.2) is 0 Å². The van der Waals surface area contributed by atoms with Crippen molar-refractivity contribution in [1.82, 2.24) is 4.90 Å². The molecule has 2 aromatic carbocycles. The normalized spacial score (nSPS) is 10.4.